The van der Waals surface area contributed by atoms with Gasteiger partial charge in [0.15, 0.2) is 0 Å². The summed E-state index contributed by atoms with van der Waals surface area (Å²) in [5, 5.41) is 24.5. The van der Waals surface area contributed by atoms with Gasteiger partial charge in [0, 0.05) is 5.56 Å². The van der Waals surface area contributed by atoms with Crippen molar-refractivity contribution in [2.75, 3.05) is 0 Å². The minimum Gasteiger partial charge on any atom is -0.271 e. The Morgan fingerprint density at radius 1 is 1.20 bits per heavy atom. The van der Waals surface area contributed by atoms with Gasteiger partial charge in [-0.25, -0.2) is 5.43 Å². The molecule has 0 aliphatic carbocycles. The van der Waals surface area contributed by atoms with Crippen molar-refractivity contribution in [2.24, 2.45) is 5.10 Å². The summed E-state index contributed by atoms with van der Waals surface area (Å²) in [6.45, 7) is -0.0927. The molecular weight excluding hydrogens is 318 g/mol. The Kier molecular flexibility index (Phi) is 4.87. The number of nitrogens with one attached hydrogen (secondary N) is 1. The number of hydrogen-bond acceptors (Lipinski definition) is 6. The Hall–Kier alpha value is -3.86. The SMILES string of the molecule is N#Cc1ccc(C=NNC(=O)Cn2nnc(-c3ccccc3)n2)cc1. The van der Waals surface area contributed by atoms with E-state index in [-0.39, 0.29) is 12.5 Å². The summed E-state index contributed by atoms with van der Waals surface area (Å²) in [5.41, 5.74) is 4.55. The molecule has 3 rings (SSSR count). The summed E-state index contributed by atoms with van der Waals surface area (Å²) in [4.78, 5) is 13.1. The molecule has 3 aromatic rings. The van der Waals surface area contributed by atoms with Crippen molar-refractivity contribution in [1.29, 1.82) is 5.26 Å². The normalized spacial score (nSPS) is 10.5. The lowest BCUT2D eigenvalue weighted by atomic mass is 10.2. The predicted molar refractivity (Wildman–Crippen MR) is 90.1 cm³/mol. The van der Waals surface area contributed by atoms with Crippen LogP contribution < -0.4 is 5.43 Å². The molecule has 0 bridgehead atoms. The number of carbonyl (C=O) groups is 1. The number of nitrogens with zero attached hydrogens (tertiary/aromatic N) is 6. The zero-order valence-electron chi connectivity index (χ0n) is 13.1. The molecule has 8 nitrogen and oxygen atoms in total. The quantitative estimate of drug-likeness (QED) is 0.561. The molecule has 122 valence electrons. The highest BCUT2D eigenvalue weighted by Crippen LogP contribution is 2.11. The van der Waals surface area contributed by atoms with E-state index in [9.17, 15) is 4.79 Å². The second-order valence-electron chi connectivity index (χ2n) is 5.04. The van der Waals surface area contributed by atoms with E-state index >= 15 is 0 Å². The van der Waals surface area contributed by atoms with Crippen molar-refractivity contribution < 1.29 is 4.79 Å². The van der Waals surface area contributed by atoms with Gasteiger partial charge in [0.05, 0.1) is 17.8 Å². The van der Waals surface area contributed by atoms with E-state index in [4.69, 9.17) is 5.26 Å². The van der Waals surface area contributed by atoms with Crippen molar-refractivity contribution in [3.8, 4) is 17.5 Å². The molecule has 0 atom stereocenters. The zero-order chi connectivity index (χ0) is 17.5. The van der Waals surface area contributed by atoms with Crippen LogP contribution in [0.1, 0.15) is 11.1 Å². The average Bonchev–Trinajstić information content (AvgIpc) is 3.11. The van der Waals surface area contributed by atoms with Gasteiger partial charge < -0.3 is 0 Å². The van der Waals surface area contributed by atoms with Crippen molar-refractivity contribution in [3.05, 3.63) is 65.7 Å². The van der Waals surface area contributed by atoms with Gasteiger partial charge in [-0.05, 0) is 22.9 Å². The third-order valence-corrected chi connectivity index (χ3v) is 3.21. The molecule has 0 saturated carbocycles. The maximum absolute atomic E-state index is 11.9. The van der Waals surface area contributed by atoms with E-state index < -0.39 is 0 Å². The molecule has 0 fully saturated rings. The first-order valence-corrected chi connectivity index (χ1v) is 7.40. The second-order valence-corrected chi connectivity index (χ2v) is 5.04. The third-order valence-electron chi connectivity index (χ3n) is 3.21. The highest BCUT2D eigenvalue weighted by atomic mass is 16.2. The Bertz CT molecular complexity index is 924. The van der Waals surface area contributed by atoms with Crippen LogP contribution in [-0.4, -0.2) is 32.3 Å². The third kappa shape index (κ3) is 4.33. The largest absolute Gasteiger partial charge is 0.271 e. The van der Waals surface area contributed by atoms with E-state index in [1.807, 2.05) is 36.4 Å². The molecule has 0 unspecified atom stereocenters. The number of aromatic nitrogens is 4. The number of amides is 1. The molecule has 0 saturated heterocycles. The Balaban J connectivity index is 1.55. The first-order valence-electron chi connectivity index (χ1n) is 7.40. The number of rotatable bonds is 5. The summed E-state index contributed by atoms with van der Waals surface area (Å²) in [5.74, 6) is 0.0800. The van der Waals surface area contributed by atoms with Gasteiger partial charge in [-0.15, -0.1) is 10.2 Å². The molecule has 0 aliphatic heterocycles. The fourth-order valence-electron chi connectivity index (χ4n) is 2.00. The van der Waals surface area contributed by atoms with E-state index in [0.29, 0.717) is 11.4 Å². The van der Waals surface area contributed by atoms with Gasteiger partial charge >= 0.3 is 0 Å². The standard InChI is InChI=1S/C17H13N7O/c18-10-13-6-8-14(9-7-13)11-19-20-16(25)12-24-22-17(21-23-24)15-4-2-1-3-5-15/h1-9,11H,12H2,(H,20,25). The molecule has 0 aliphatic rings. The van der Waals surface area contributed by atoms with Crippen molar-refractivity contribution in [3.63, 3.8) is 0 Å². The van der Waals surface area contributed by atoms with Crippen LogP contribution in [0, 0.1) is 11.3 Å². The highest BCUT2D eigenvalue weighted by molar-refractivity contribution is 5.82. The maximum atomic E-state index is 11.9. The summed E-state index contributed by atoms with van der Waals surface area (Å²) in [7, 11) is 0. The Morgan fingerprint density at radius 2 is 1.96 bits per heavy atom. The topological polar surface area (TPSA) is 109 Å². The van der Waals surface area contributed by atoms with E-state index in [0.717, 1.165) is 11.1 Å². The van der Waals surface area contributed by atoms with Crippen LogP contribution in [0.4, 0.5) is 0 Å². The summed E-state index contributed by atoms with van der Waals surface area (Å²) >= 11 is 0. The Morgan fingerprint density at radius 3 is 2.68 bits per heavy atom. The second kappa shape index (κ2) is 7.61. The van der Waals surface area contributed by atoms with Crippen LogP contribution in [0.5, 0.6) is 0 Å². The van der Waals surface area contributed by atoms with Gasteiger partial charge in [0.1, 0.15) is 6.54 Å². The zero-order valence-corrected chi connectivity index (χ0v) is 13.1. The van der Waals surface area contributed by atoms with Crippen LogP contribution in [0.25, 0.3) is 11.4 Å². The van der Waals surface area contributed by atoms with Crippen molar-refractivity contribution in [1.82, 2.24) is 25.6 Å². The smallest absolute Gasteiger partial charge is 0.263 e. The first-order chi connectivity index (χ1) is 12.2. The molecular formula is C17H13N7O. The number of carbonyl (C=O) groups excluding carboxylic acids is 1. The van der Waals surface area contributed by atoms with Crippen LogP contribution >= 0.6 is 0 Å². The van der Waals surface area contributed by atoms with Crippen molar-refractivity contribution in [2.45, 2.75) is 6.54 Å². The minimum atomic E-state index is -0.373. The lowest BCUT2D eigenvalue weighted by Crippen LogP contribution is -2.24. The predicted octanol–water partition coefficient (Wildman–Crippen LogP) is 1.36. The van der Waals surface area contributed by atoms with E-state index in [1.54, 1.807) is 24.3 Å². The molecule has 1 amide bonds. The van der Waals surface area contributed by atoms with Gasteiger partial charge in [0.2, 0.25) is 5.82 Å². The van der Waals surface area contributed by atoms with Crippen molar-refractivity contribution >= 4 is 12.1 Å². The average molecular weight is 331 g/mol. The molecule has 0 radical (unpaired) electrons. The number of nitriles is 1. The first kappa shape index (κ1) is 16.0. The van der Waals surface area contributed by atoms with E-state index in [2.05, 4.69) is 25.9 Å². The highest BCUT2D eigenvalue weighted by Gasteiger charge is 2.08. The van der Waals surface area contributed by atoms with Crippen LogP contribution in [0.3, 0.4) is 0 Å². The van der Waals surface area contributed by atoms with Gasteiger partial charge in [-0.1, -0.05) is 42.5 Å². The summed E-state index contributed by atoms with van der Waals surface area (Å²) < 4.78 is 0. The van der Waals surface area contributed by atoms with Gasteiger partial charge in [-0.3, -0.25) is 4.79 Å². The summed E-state index contributed by atoms with van der Waals surface area (Å²) in [6, 6.07) is 18.2. The number of benzene rings is 2. The molecule has 1 N–H and O–H groups in total. The van der Waals surface area contributed by atoms with E-state index in [1.165, 1.54) is 11.0 Å². The number of tetrazole rings is 1. The number of hydrogen-bond donors (Lipinski definition) is 1. The van der Waals surface area contributed by atoms with Gasteiger partial charge in [0.25, 0.3) is 5.91 Å². The molecule has 0 spiro atoms. The lowest BCUT2D eigenvalue weighted by molar-refractivity contribution is -0.122. The van der Waals surface area contributed by atoms with Gasteiger partial charge in [-0.2, -0.15) is 15.2 Å². The minimum absolute atomic E-state index is 0.0927. The fourth-order valence-corrected chi connectivity index (χ4v) is 2.00. The molecule has 2 aromatic carbocycles. The lowest BCUT2D eigenvalue weighted by Gasteiger charge is -1.98. The molecule has 1 heterocycles. The fraction of sp³-hybridized carbons (Fsp3) is 0.0588. The molecule has 25 heavy (non-hydrogen) atoms. The summed E-state index contributed by atoms with van der Waals surface area (Å²) in [6.07, 6.45) is 1.49. The molecule has 8 heteroatoms. The van der Waals surface area contributed by atoms with Crippen LogP contribution in [-0.2, 0) is 11.3 Å². The van der Waals surface area contributed by atoms with Crippen LogP contribution in [0.15, 0.2) is 59.7 Å². The van der Waals surface area contributed by atoms with Crippen LogP contribution in [0.2, 0.25) is 0 Å². The maximum Gasteiger partial charge on any atom is 0.263 e. The molecule has 1 aromatic heterocycles. The monoisotopic (exact) mass is 331 g/mol. The Labute approximate surface area is 143 Å². The number of hydrazone groups is 1.